The lowest BCUT2D eigenvalue weighted by Gasteiger charge is -2.06. The minimum Gasteiger partial charge on any atom is -0.493 e. The lowest BCUT2D eigenvalue weighted by molar-refractivity contribution is 0.102. The minimum absolute atomic E-state index is 0.231. The second-order valence-corrected chi connectivity index (χ2v) is 4.57. The normalized spacial score (nSPS) is 14.1. The summed E-state index contributed by atoms with van der Waals surface area (Å²) in [7, 11) is 0. The number of nitrogens with one attached hydrogen (secondary N) is 2. The van der Waals surface area contributed by atoms with Gasteiger partial charge in [0.25, 0.3) is 5.91 Å². The molecule has 2 aromatic rings. The van der Waals surface area contributed by atoms with Crippen molar-refractivity contribution in [2.45, 2.75) is 12.8 Å². The van der Waals surface area contributed by atoms with Gasteiger partial charge in [0, 0.05) is 5.56 Å². The number of nitrogens with zero attached hydrogens (tertiary/aromatic N) is 2. The van der Waals surface area contributed by atoms with Crippen LogP contribution in [-0.4, -0.2) is 27.7 Å². The van der Waals surface area contributed by atoms with Crippen LogP contribution in [0.1, 0.15) is 23.2 Å². The van der Waals surface area contributed by atoms with Crippen molar-refractivity contribution in [2.24, 2.45) is 5.92 Å². The summed E-state index contributed by atoms with van der Waals surface area (Å²) in [6.07, 6.45) is 3.86. The number of H-pyrrole nitrogens is 1. The quantitative estimate of drug-likeness (QED) is 0.857. The summed E-state index contributed by atoms with van der Waals surface area (Å²) in [5.74, 6) is 1.61. The first-order valence-corrected chi connectivity index (χ1v) is 6.21. The molecule has 6 heteroatoms. The summed E-state index contributed by atoms with van der Waals surface area (Å²) in [4.78, 5) is 15.7. The van der Waals surface area contributed by atoms with E-state index >= 15 is 0 Å². The highest BCUT2D eigenvalue weighted by atomic mass is 16.5. The van der Waals surface area contributed by atoms with Gasteiger partial charge >= 0.3 is 0 Å². The molecule has 1 fully saturated rings. The molecule has 2 N–H and O–H groups in total. The van der Waals surface area contributed by atoms with E-state index in [0.29, 0.717) is 11.5 Å². The largest absolute Gasteiger partial charge is 0.493 e. The van der Waals surface area contributed by atoms with E-state index in [2.05, 4.69) is 20.5 Å². The highest BCUT2D eigenvalue weighted by Gasteiger charge is 2.21. The van der Waals surface area contributed by atoms with Gasteiger partial charge in [-0.25, -0.2) is 5.10 Å². The number of amides is 1. The summed E-state index contributed by atoms with van der Waals surface area (Å²) in [6, 6.07) is 7.07. The van der Waals surface area contributed by atoms with Gasteiger partial charge in [-0.1, -0.05) is 0 Å². The monoisotopic (exact) mass is 258 g/mol. The van der Waals surface area contributed by atoms with E-state index in [1.54, 1.807) is 24.3 Å². The summed E-state index contributed by atoms with van der Waals surface area (Å²) in [6.45, 7) is 0.767. The summed E-state index contributed by atoms with van der Waals surface area (Å²) < 4.78 is 5.61. The molecule has 1 saturated carbocycles. The Morgan fingerprint density at radius 1 is 1.37 bits per heavy atom. The Hall–Kier alpha value is -2.37. The third kappa shape index (κ3) is 3.09. The molecule has 1 aliphatic carbocycles. The highest BCUT2D eigenvalue weighted by Crippen LogP contribution is 2.29. The molecule has 19 heavy (non-hydrogen) atoms. The van der Waals surface area contributed by atoms with Crippen LogP contribution in [0.25, 0.3) is 0 Å². The van der Waals surface area contributed by atoms with Crippen LogP contribution in [-0.2, 0) is 0 Å². The van der Waals surface area contributed by atoms with Crippen LogP contribution in [0.15, 0.2) is 30.6 Å². The Labute approximate surface area is 110 Å². The van der Waals surface area contributed by atoms with Gasteiger partial charge in [-0.3, -0.25) is 10.1 Å². The van der Waals surface area contributed by atoms with Crippen LogP contribution >= 0.6 is 0 Å². The highest BCUT2D eigenvalue weighted by molar-refractivity contribution is 6.03. The molecule has 0 unspecified atom stereocenters. The van der Waals surface area contributed by atoms with Gasteiger partial charge in [-0.2, -0.15) is 10.1 Å². The van der Waals surface area contributed by atoms with Crippen molar-refractivity contribution in [2.75, 3.05) is 11.9 Å². The zero-order valence-electron chi connectivity index (χ0n) is 10.3. The first-order valence-electron chi connectivity index (χ1n) is 6.21. The van der Waals surface area contributed by atoms with Crippen molar-refractivity contribution in [1.82, 2.24) is 15.2 Å². The number of benzene rings is 1. The smallest absolute Gasteiger partial charge is 0.258 e. The number of ether oxygens (including phenoxy) is 1. The maximum Gasteiger partial charge on any atom is 0.258 e. The van der Waals surface area contributed by atoms with Crippen molar-refractivity contribution in [3.63, 3.8) is 0 Å². The maximum absolute atomic E-state index is 11.9. The molecule has 3 rings (SSSR count). The third-order valence-corrected chi connectivity index (χ3v) is 2.95. The molecule has 1 aliphatic rings. The van der Waals surface area contributed by atoms with Gasteiger partial charge in [0.05, 0.1) is 6.61 Å². The van der Waals surface area contributed by atoms with Crippen LogP contribution in [0.5, 0.6) is 5.75 Å². The fourth-order valence-electron chi connectivity index (χ4n) is 1.65. The number of aromatic nitrogens is 3. The molecule has 1 aromatic heterocycles. The zero-order chi connectivity index (χ0) is 13.1. The molecule has 1 aromatic carbocycles. The van der Waals surface area contributed by atoms with E-state index in [9.17, 15) is 4.79 Å². The Balaban J connectivity index is 1.59. The van der Waals surface area contributed by atoms with Crippen molar-refractivity contribution in [1.29, 1.82) is 0 Å². The topological polar surface area (TPSA) is 79.9 Å². The molecule has 0 aliphatic heterocycles. The summed E-state index contributed by atoms with van der Waals surface area (Å²) in [5, 5.41) is 8.84. The number of anilines is 1. The van der Waals surface area contributed by atoms with Crippen molar-refractivity contribution >= 4 is 11.9 Å². The van der Waals surface area contributed by atoms with E-state index < -0.39 is 0 Å². The van der Waals surface area contributed by atoms with Gasteiger partial charge in [0.15, 0.2) is 0 Å². The Bertz CT molecular complexity index is 547. The second-order valence-electron chi connectivity index (χ2n) is 4.57. The lowest BCUT2D eigenvalue weighted by Crippen LogP contribution is -2.12. The van der Waals surface area contributed by atoms with Crippen LogP contribution in [0.2, 0.25) is 0 Å². The number of rotatable bonds is 5. The van der Waals surface area contributed by atoms with Gasteiger partial charge in [-0.15, -0.1) is 0 Å². The maximum atomic E-state index is 11.9. The van der Waals surface area contributed by atoms with E-state index in [0.717, 1.165) is 18.3 Å². The fraction of sp³-hybridized carbons (Fsp3) is 0.308. The molecule has 0 radical (unpaired) electrons. The molecule has 98 valence electrons. The number of carbonyl (C=O) groups excluding carboxylic acids is 1. The van der Waals surface area contributed by atoms with Crippen molar-refractivity contribution in [3.8, 4) is 5.75 Å². The Morgan fingerprint density at radius 2 is 2.16 bits per heavy atom. The number of hydrogen-bond donors (Lipinski definition) is 2. The lowest BCUT2D eigenvalue weighted by atomic mass is 10.2. The van der Waals surface area contributed by atoms with Gasteiger partial charge in [0.2, 0.25) is 5.95 Å². The first-order chi connectivity index (χ1) is 9.31. The molecular weight excluding hydrogens is 244 g/mol. The van der Waals surface area contributed by atoms with Crippen LogP contribution in [0, 0.1) is 5.92 Å². The van der Waals surface area contributed by atoms with Gasteiger partial charge in [-0.05, 0) is 43.0 Å². The summed E-state index contributed by atoms with van der Waals surface area (Å²) in [5.41, 5.74) is 0.551. The van der Waals surface area contributed by atoms with Gasteiger partial charge < -0.3 is 4.74 Å². The Kier molecular flexibility index (Phi) is 3.14. The van der Waals surface area contributed by atoms with E-state index in [1.165, 1.54) is 19.2 Å². The molecule has 0 bridgehead atoms. The zero-order valence-corrected chi connectivity index (χ0v) is 10.3. The van der Waals surface area contributed by atoms with Crippen molar-refractivity contribution in [3.05, 3.63) is 36.2 Å². The molecule has 0 atom stereocenters. The second kappa shape index (κ2) is 5.09. The summed E-state index contributed by atoms with van der Waals surface area (Å²) >= 11 is 0. The van der Waals surface area contributed by atoms with E-state index in [1.807, 2.05) is 0 Å². The standard InChI is InChI=1S/C13H14N4O2/c18-12(16-13-14-8-15-17-13)10-3-5-11(6-4-10)19-7-9-1-2-9/h3-6,8-9H,1-2,7H2,(H2,14,15,16,17,18). The van der Waals surface area contributed by atoms with Crippen LogP contribution in [0.3, 0.4) is 0 Å². The third-order valence-electron chi connectivity index (χ3n) is 2.95. The van der Waals surface area contributed by atoms with E-state index in [-0.39, 0.29) is 5.91 Å². The van der Waals surface area contributed by atoms with Crippen LogP contribution < -0.4 is 10.1 Å². The number of aromatic amines is 1. The number of hydrogen-bond acceptors (Lipinski definition) is 4. The average Bonchev–Trinajstić information content (AvgIpc) is 3.13. The Morgan fingerprint density at radius 3 is 2.79 bits per heavy atom. The van der Waals surface area contributed by atoms with Crippen molar-refractivity contribution < 1.29 is 9.53 Å². The molecular formula is C13H14N4O2. The number of carbonyl (C=O) groups is 1. The molecule has 6 nitrogen and oxygen atoms in total. The van der Waals surface area contributed by atoms with Crippen LogP contribution in [0.4, 0.5) is 5.95 Å². The minimum atomic E-state index is -0.231. The SMILES string of the molecule is O=C(Nc1ncn[nH]1)c1ccc(OCC2CC2)cc1. The molecule has 0 saturated heterocycles. The predicted molar refractivity (Wildman–Crippen MR) is 69.0 cm³/mol. The molecule has 0 spiro atoms. The van der Waals surface area contributed by atoms with Gasteiger partial charge in [0.1, 0.15) is 12.1 Å². The molecule has 1 heterocycles. The fourth-order valence-corrected chi connectivity index (χ4v) is 1.65. The van der Waals surface area contributed by atoms with E-state index in [4.69, 9.17) is 4.74 Å². The molecule has 1 amide bonds. The predicted octanol–water partition coefficient (Wildman–Crippen LogP) is 1.85. The first kappa shape index (κ1) is 11.7. The average molecular weight is 258 g/mol.